The predicted octanol–water partition coefficient (Wildman–Crippen LogP) is 1.17. The fourth-order valence-corrected chi connectivity index (χ4v) is 2.72. The lowest BCUT2D eigenvalue weighted by atomic mass is 9.81. The Balaban J connectivity index is 1.97. The third kappa shape index (κ3) is 2.63. The second kappa shape index (κ2) is 4.58. The first-order valence-corrected chi connectivity index (χ1v) is 6.52. The summed E-state index contributed by atoms with van der Waals surface area (Å²) in [6, 6.07) is 0. The number of likely N-dealkylation sites (tertiary alicyclic amines) is 1. The molecule has 4 heteroatoms. The van der Waals surface area contributed by atoms with Crippen molar-refractivity contribution in [1.29, 1.82) is 0 Å². The molecule has 0 aromatic heterocycles. The minimum atomic E-state index is -0.310. The predicted molar refractivity (Wildman–Crippen MR) is 64.6 cm³/mol. The molecule has 2 rings (SSSR count). The zero-order chi connectivity index (χ0) is 12.6. The Morgan fingerprint density at radius 1 is 1.35 bits per heavy atom. The van der Waals surface area contributed by atoms with Gasteiger partial charge in [-0.15, -0.1) is 0 Å². The van der Waals surface area contributed by atoms with E-state index in [0.29, 0.717) is 19.5 Å². The second-order valence-electron chi connectivity index (χ2n) is 6.07. The lowest BCUT2D eigenvalue weighted by Crippen LogP contribution is -2.53. The summed E-state index contributed by atoms with van der Waals surface area (Å²) in [6.07, 6.45) is 2.11. The van der Waals surface area contributed by atoms with E-state index in [-0.39, 0.29) is 29.6 Å². The van der Waals surface area contributed by atoms with Gasteiger partial charge in [0.05, 0.1) is 12.2 Å². The van der Waals surface area contributed by atoms with E-state index in [1.807, 2.05) is 25.7 Å². The summed E-state index contributed by atoms with van der Waals surface area (Å²) < 4.78 is 5.62. The zero-order valence-electron chi connectivity index (χ0n) is 11.0. The molecule has 2 saturated heterocycles. The number of aliphatic hydroxyl groups excluding tert-OH is 1. The molecule has 1 amide bonds. The summed E-state index contributed by atoms with van der Waals surface area (Å²) in [5, 5.41) is 9.87. The second-order valence-corrected chi connectivity index (χ2v) is 6.07. The Hall–Kier alpha value is -0.610. The molecular weight excluding hydrogens is 218 g/mol. The maximum Gasteiger partial charge on any atom is 0.251 e. The van der Waals surface area contributed by atoms with Crippen LogP contribution in [-0.4, -0.2) is 47.3 Å². The van der Waals surface area contributed by atoms with Gasteiger partial charge < -0.3 is 14.7 Å². The van der Waals surface area contributed by atoms with E-state index in [2.05, 4.69) is 0 Å². The largest absolute Gasteiger partial charge is 0.392 e. The summed E-state index contributed by atoms with van der Waals surface area (Å²) in [6.45, 7) is 7.31. The molecule has 0 aromatic rings. The van der Waals surface area contributed by atoms with E-state index in [9.17, 15) is 9.90 Å². The van der Waals surface area contributed by atoms with Crippen molar-refractivity contribution in [1.82, 2.24) is 4.90 Å². The van der Waals surface area contributed by atoms with Crippen LogP contribution in [0.15, 0.2) is 0 Å². The van der Waals surface area contributed by atoms with Crippen LogP contribution in [-0.2, 0) is 9.53 Å². The number of rotatable bonds is 1. The Morgan fingerprint density at radius 3 is 2.59 bits per heavy atom. The molecule has 0 aliphatic carbocycles. The van der Waals surface area contributed by atoms with Gasteiger partial charge in [-0.2, -0.15) is 0 Å². The molecule has 4 nitrogen and oxygen atoms in total. The third-order valence-corrected chi connectivity index (χ3v) is 3.99. The minimum absolute atomic E-state index is 0.106. The van der Waals surface area contributed by atoms with Crippen LogP contribution in [0.5, 0.6) is 0 Å². The highest BCUT2D eigenvalue weighted by atomic mass is 16.5. The van der Waals surface area contributed by atoms with Gasteiger partial charge in [-0.3, -0.25) is 4.79 Å². The molecule has 3 unspecified atom stereocenters. The van der Waals surface area contributed by atoms with Crippen molar-refractivity contribution >= 4 is 5.91 Å². The maximum absolute atomic E-state index is 12.3. The molecule has 0 saturated carbocycles. The summed E-state index contributed by atoms with van der Waals surface area (Å²) in [5.74, 6) is 0.106. The number of carbonyl (C=O) groups excluding carboxylic acids is 1. The first-order chi connectivity index (χ1) is 7.90. The van der Waals surface area contributed by atoms with Crippen LogP contribution in [0.1, 0.15) is 40.0 Å². The number of amides is 1. The summed E-state index contributed by atoms with van der Waals surface area (Å²) in [4.78, 5) is 14.1. The van der Waals surface area contributed by atoms with Crippen LogP contribution in [0.25, 0.3) is 0 Å². The summed E-state index contributed by atoms with van der Waals surface area (Å²) in [7, 11) is 0. The van der Waals surface area contributed by atoms with E-state index < -0.39 is 0 Å². The van der Waals surface area contributed by atoms with Gasteiger partial charge in [-0.1, -0.05) is 13.8 Å². The Labute approximate surface area is 103 Å². The molecule has 17 heavy (non-hydrogen) atoms. The topological polar surface area (TPSA) is 49.8 Å². The molecule has 0 aromatic carbocycles. The zero-order valence-corrected chi connectivity index (χ0v) is 11.0. The molecule has 0 spiro atoms. The van der Waals surface area contributed by atoms with E-state index in [1.165, 1.54) is 0 Å². The van der Waals surface area contributed by atoms with E-state index >= 15 is 0 Å². The van der Waals surface area contributed by atoms with Crippen LogP contribution in [0.3, 0.4) is 0 Å². The van der Waals surface area contributed by atoms with Crippen LogP contribution < -0.4 is 0 Å². The SMILES string of the molecule is CC1CCC(C(=O)N2CCC(O)C(C)(C)C2)O1. The summed E-state index contributed by atoms with van der Waals surface area (Å²) in [5.41, 5.74) is -0.210. The van der Waals surface area contributed by atoms with Crippen molar-refractivity contribution in [3.8, 4) is 0 Å². The fourth-order valence-electron chi connectivity index (χ4n) is 2.72. The van der Waals surface area contributed by atoms with Crippen LogP contribution in [0.2, 0.25) is 0 Å². The number of piperidine rings is 1. The molecule has 2 fully saturated rings. The van der Waals surface area contributed by atoms with Crippen molar-refractivity contribution in [2.45, 2.75) is 58.3 Å². The molecule has 0 bridgehead atoms. The number of hydrogen-bond donors (Lipinski definition) is 1. The average molecular weight is 241 g/mol. The molecule has 1 N–H and O–H groups in total. The third-order valence-electron chi connectivity index (χ3n) is 3.99. The number of hydrogen-bond acceptors (Lipinski definition) is 3. The lowest BCUT2D eigenvalue weighted by molar-refractivity contribution is -0.149. The highest BCUT2D eigenvalue weighted by Crippen LogP contribution is 2.30. The van der Waals surface area contributed by atoms with Crippen LogP contribution >= 0.6 is 0 Å². The highest BCUT2D eigenvalue weighted by Gasteiger charge is 2.39. The summed E-state index contributed by atoms with van der Waals surface area (Å²) >= 11 is 0. The van der Waals surface area contributed by atoms with Crippen molar-refractivity contribution in [3.63, 3.8) is 0 Å². The van der Waals surface area contributed by atoms with E-state index in [1.54, 1.807) is 0 Å². The van der Waals surface area contributed by atoms with Gasteiger partial charge in [-0.05, 0) is 26.2 Å². The van der Waals surface area contributed by atoms with Crippen molar-refractivity contribution in [2.75, 3.05) is 13.1 Å². The minimum Gasteiger partial charge on any atom is -0.392 e. The Morgan fingerprint density at radius 2 is 2.06 bits per heavy atom. The number of ether oxygens (including phenoxy) is 1. The van der Waals surface area contributed by atoms with Gasteiger partial charge in [0.1, 0.15) is 6.10 Å². The quantitative estimate of drug-likeness (QED) is 0.750. The Kier molecular flexibility index (Phi) is 3.46. The Bertz CT molecular complexity index is 303. The number of aliphatic hydroxyl groups is 1. The molecular formula is C13H23NO3. The number of nitrogens with zero attached hydrogens (tertiary/aromatic N) is 1. The molecule has 98 valence electrons. The average Bonchev–Trinajstić information content (AvgIpc) is 2.68. The lowest BCUT2D eigenvalue weighted by Gasteiger charge is -2.42. The van der Waals surface area contributed by atoms with Gasteiger partial charge >= 0.3 is 0 Å². The smallest absolute Gasteiger partial charge is 0.251 e. The highest BCUT2D eigenvalue weighted by molar-refractivity contribution is 5.81. The molecule has 3 atom stereocenters. The van der Waals surface area contributed by atoms with Gasteiger partial charge in [0, 0.05) is 18.5 Å². The standard InChI is InChI=1S/C13H23NO3/c1-9-4-5-10(17-9)12(16)14-7-6-11(15)13(2,3)8-14/h9-11,15H,4-8H2,1-3H3. The van der Waals surface area contributed by atoms with Crippen molar-refractivity contribution in [2.24, 2.45) is 5.41 Å². The normalized spacial score (nSPS) is 37.2. The fraction of sp³-hybridized carbons (Fsp3) is 0.923. The first kappa shape index (κ1) is 12.8. The van der Waals surface area contributed by atoms with E-state index in [0.717, 1.165) is 12.8 Å². The van der Waals surface area contributed by atoms with Crippen LogP contribution in [0.4, 0.5) is 0 Å². The number of carbonyl (C=O) groups is 1. The van der Waals surface area contributed by atoms with Crippen molar-refractivity contribution < 1.29 is 14.6 Å². The molecule has 2 heterocycles. The monoisotopic (exact) mass is 241 g/mol. The van der Waals surface area contributed by atoms with E-state index in [4.69, 9.17) is 4.74 Å². The molecule has 2 aliphatic rings. The van der Waals surface area contributed by atoms with Gasteiger partial charge in [0.15, 0.2) is 0 Å². The van der Waals surface area contributed by atoms with Gasteiger partial charge in [0.2, 0.25) is 0 Å². The van der Waals surface area contributed by atoms with Crippen molar-refractivity contribution in [3.05, 3.63) is 0 Å². The first-order valence-electron chi connectivity index (χ1n) is 6.52. The molecule has 2 aliphatic heterocycles. The van der Waals surface area contributed by atoms with Crippen LogP contribution in [0, 0.1) is 5.41 Å². The molecule has 0 radical (unpaired) electrons. The maximum atomic E-state index is 12.3. The van der Waals surface area contributed by atoms with Gasteiger partial charge in [-0.25, -0.2) is 0 Å². The van der Waals surface area contributed by atoms with Gasteiger partial charge in [0.25, 0.3) is 5.91 Å².